The highest BCUT2D eigenvalue weighted by atomic mass is 32.2. The van der Waals surface area contributed by atoms with E-state index in [1.807, 2.05) is 48.5 Å². The van der Waals surface area contributed by atoms with Gasteiger partial charge in [0.25, 0.3) is 0 Å². The van der Waals surface area contributed by atoms with Gasteiger partial charge in [-0.25, -0.2) is 0 Å². The highest BCUT2D eigenvalue weighted by molar-refractivity contribution is 8.00. The van der Waals surface area contributed by atoms with E-state index in [0.717, 1.165) is 116 Å². The van der Waals surface area contributed by atoms with E-state index in [2.05, 4.69) is 95.8 Å². The summed E-state index contributed by atoms with van der Waals surface area (Å²) in [5.74, 6) is 2.15. The average molecular weight is 783 g/mol. The molecule has 0 bridgehead atoms. The summed E-state index contributed by atoms with van der Waals surface area (Å²) >= 11 is 3.45. The van der Waals surface area contributed by atoms with Gasteiger partial charge < -0.3 is 28.2 Å². The summed E-state index contributed by atoms with van der Waals surface area (Å²) in [6.07, 6.45) is 7.95. The number of furan rings is 2. The second kappa shape index (κ2) is 14.4. The molecule has 0 unspecified atom stereocenters. The van der Waals surface area contributed by atoms with Gasteiger partial charge in [-0.15, -0.1) is 23.5 Å². The third-order valence-corrected chi connectivity index (χ3v) is 13.0. The molecule has 6 aromatic carbocycles. The van der Waals surface area contributed by atoms with E-state index in [1.54, 1.807) is 48.6 Å². The first-order valence-electron chi connectivity index (χ1n) is 19.0. The third kappa shape index (κ3) is 5.99. The molecule has 10 rings (SSSR count). The van der Waals surface area contributed by atoms with Crippen molar-refractivity contribution in [3.63, 3.8) is 0 Å². The largest absolute Gasteiger partial charge is 0.505 e. The molecule has 0 spiro atoms. The molecular weight excluding hydrogens is 745 g/mol. The lowest BCUT2D eigenvalue weighted by molar-refractivity contribution is 0.474. The van der Waals surface area contributed by atoms with Crippen LogP contribution in [0.15, 0.2) is 165 Å². The minimum Gasteiger partial charge on any atom is -0.505 e. The fourth-order valence-corrected chi connectivity index (χ4v) is 10.3. The van der Waals surface area contributed by atoms with Crippen LogP contribution in [0.4, 0.5) is 0 Å². The first kappa shape index (κ1) is 35.2. The van der Waals surface area contributed by atoms with E-state index in [4.69, 9.17) is 8.83 Å². The number of nitrogens with zero attached hydrogens (tertiary/aromatic N) is 2. The molecule has 0 aliphatic rings. The van der Waals surface area contributed by atoms with Crippen LogP contribution in [-0.2, 0) is 0 Å². The Morgan fingerprint density at radius 1 is 0.456 bits per heavy atom. The standard InChI is InChI=1S/C49H38N2O4S2/c1-30-22-36(48(52)44(24-30)50-40-16-7-3-12-32(40)33-13-4-8-17-41(33)50)38-26-54-28-46(38)56-20-11-21-57-47-29-55-27-39(47)37-23-31(2)25-45(49(37)53)51-42-18-9-5-14-34(42)35-15-6-10-19-43(35)51/h3-10,12-19,22-29,52-53H,11,20-21H2,1-2H3. The fourth-order valence-electron chi connectivity index (χ4n) is 8.25. The van der Waals surface area contributed by atoms with Crippen molar-refractivity contribution in [2.45, 2.75) is 30.1 Å². The van der Waals surface area contributed by atoms with Gasteiger partial charge in [0.1, 0.15) is 24.0 Å². The maximum Gasteiger partial charge on any atom is 0.147 e. The molecule has 0 saturated carbocycles. The maximum atomic E-state index is 11.9. The van der Waals surface area contributed by atoms with E-state index >= 15 is 0 Å². The molecule has 2 N–H and O–H groups in total. The number of thioether (sulfide) groups is 2. The Hall–Kier alpha value is -6.22. The molecule has 0 amide bonds. The van der Waals surface area contributed by atoms with Gasteiger partial charge >= 0.3 is 0 Å². The van der Waals surface area contributed by atoms with Gasteiger partial charge in [-0.2, -0.15) is 0 Å². The number of fused-ring (bicyclic) bond motifs is 6. The van der Waals surface area contributed by atoms with Crippen LogP contribution in [0.2, 0.25) is 0 Å². The van der Waals surface area contributed by atoms with Crippen molar-refractivity contribution in [1.82, 2.24) is 9.13 Å². The molecule has 0 aliphatic carbocycles. The number of benzene rings is 6. The van der Waals surface area contributed by atoms with Crippen molar-refractivity contribution >= 4 is 67.1 Å². The van der Waals surface area contributed by atoms with E-state index < -0.39 is 0 Å². The summed E-state index contributed by atoms with van der Waals surface area (Å²) in [6, 6.07) is 41.5. The van der Waals surface area contributed by atoms with Crippen LogP contribution in [-0.4, -0.2) is 30.9 Å². The molecule has 6 nitrogen and oxygen atoms in total. The second-order valence-corrected chi connectivity index (χ2v) is 16.7. The molecule has 4 aromatic heterocycles. The molecular formula is C49H38N2O4S2. The van der Waals surface area contributed by atoms with E-state index in [0.29, 0.717) is 0 Å². The zero-order chi connectivity index (χ0) is 38.6. The van der Waals surface area contributed by atoms with Gasteiger partial charge in [0.05, 0.1) is 55.8 Å². The highest BCUT2D eigenvalue weighted by Gasteiger charge is 2.22. The van der Waals surface area contributed by atoms with E-state index in [-0.39, 0.29) is 11.5 Å². The van der Waals surface area contributed by atoms with Gasteiger partial charge in [-0.05, 0) is 91.4 Å². The van der Waals surface area contributed by atoms with E-state index in [9.17, 15) is 10.2 Å². The Kier molecular flexibility index (Phi) is 8.88. The first-order valence-corrected chi connectivity index (χ1v) is 21.0. The van der Waals surface area contributed by atoms with Crippen molar-refractivity contribution in [3.05, 3.63) is 158 Å². The lowest BCUT2D eigenvalue weighted by Crippen LogP contribution is -1.97. The van der Waals surface area contributed by atoms with Crippen LogP contribution >= 0.6 is 23.5 Å². The van der Waals surface area contributed by atoms with Gasteiger partial charge in [0, 0.05) is 43.8 Å². The summed E-state index contributed by atoms with van der Waals surface area (Å²) in [5, 5.41) is 28.5. The fraction of sp³-hybridized carbons (Fsp3) is 0.102. The highest BCUT2D eigenvalue weighted by Crippen LogP contribution is 2.46. The Balaban J connectivity index is 0.881. The van der Waals surface area contributed by atoms with Gasteiger partial charge in [-0.1, -0.05) is 72.8 Å². The van der Waals surface area contributed by atoms with Gasteiger partial charge in [-0.3, -0.25) is 0 Å². The minimum absolute atomic E-state index is 0.221. The molecule has 10 aromatic rings. The van der Waals surface area contributed by atoms with Gasteiger partial charge in [0.15, 0.2) is 0 Å². The molecule has 0 radical (unpaired) electrons. The van der Waals surface area contributed by atoms with Crippen LogP contribution in [0.3, 0.4) is 0 Å². The average Bonchev–Trinajstić information content (AvgIpc) is 4.03. The molecule has 4 heterocycles. The lowest BCUT2D eigenvalue weighted by Gasteiger charge is -2.15. The van der Waals surface area contributed by atoms with Crippen LogP contribution < -0.4 is 0 Å². The first-order chi connectivity index (χ1) is 28.0. The van der Waals surface area contributed by atoms with Gasteiger partial charge in [0.2, 0.25) is 0 Å². The summed E-state index contributed by atoms with van der Waals surface area (Å²) in [4.78, 5) is 1.97. The van der Waals surface area contributed by atoms with Crippen LogP contribution in [0, 0.1) is 13.8 Å². The van der Waals surface area contributed by atoms with Crippen LogP contribution in [0.25, 0.3) is 77.2 Å². The van der Waals surface area contributed by atoms with Crippen LogP contribution in [0.5, 0.6) is 11.5 Å². The Morgan fingerprint density at radius 3 is 1.18 bits per heavy atom. The number of phenolic OH excluding ortho intramolecular Hbond substituents is 2. The monoisotopic (exact) mass is 782 g/mol. The topological polar surface area (TPSA) is 76.6 Å². The maximum absolute atomic E-state index is 11.9. The molecule has 0 fully saturated rings. The number of para-hydroxylation sites is 4. The Labute approximate surface area is 338 Å². The van der Waals surface area contributed by atoms with Crippen molar-refractivity contribution in [3.8, 4) is 45.1 Å². The molecule has 280 valence electrons. The molecule has 57 heavy (non-hydrogen) atoms. The quantitative estimate of drug-likeness (QED) is 0.106. The Bertz CT molecular complexity index is 2810. The normalized spacial score (nSPS) is 11.8. The lowest BCUT2D eigenvalue weighted by atomic mass is 10.0. The van der Waals surface area contributed by atoms with E-state index in [1.165, 1.54) is 0 Å². The minimum atomic E-state index is 0.221. The zero-order valence-corrected chi connectivity index (χ0v) is 33.0. The summed E-state index contributed by atoms with van der Waals surface area (Å²) in [5.41, 5.74) is 11.0. The Morgan fingerprint density at radius 2 is 0.807 bits per heavy atom. The number of aryl methyl sites for hydroxylation is 2. The predicted molar refractivity (Wildman–Crippen MR) is 236 cm³/mol. The molecule has 8 heteroatoms. The summed E-state index contributed by atoms with van der Waals surface area (Å²) in [6.45, 7) is 4.13. The number of rotatable bonds is 10. The number of hydrogen-bond acceptors (Lipinski definition) is 6. The third-order valence-electron chi connectivity index (χ3n) is 10.7. The second-order valence-electron chi connectivity index (χ2n) is 14.4. The van der Waals surface area contributed by atoms with Crippen molar-refractivity contribution < 1.29 is 19.0 Å². The number of hydrogen-bond donors (Lipinski definition) is 2. The number of aromatic hydroxyl groups is 2. The SMILES string of the molecule is Cc1cc(-c2cocc2SCCCSc2cocc2-c2cc(C)cc(-n3c4ccccc4c4ccccc43)c2O)c(O)c(-n2c3ccccc3c3ccccc32)c1. The summed E-state index contributed by atoms with van der Waals surface area (Å²) in [7, 11) is 0. The zero-order valence-electron chi connectivity index (χ0n) is 31.4. The van der Waals surface area contributed by atoms with Crippen molar-refractivity contribution in [2.24, 2.45) is 0 Å². The van der Waals surface area contributed by atoms with Crippen LogP contribution in [0.1, 0.15) is 17.5 Å². The molecule has 0 aliphatic heterocycles. The number of phenols is 2. The van der Waals surface area contributed by atoms with Crippen molar-refractivity contribution in [2.75, 3.05) is 11.5 Å². The van der Waals surface area contributed by atoms with Crippen molar-refractivity contribution in [1.29, 1.82) is 0 Å². The molecule has 0 atom stereocenters. The number of aromatic nitrogens is 2. The summed E-state index contributed by atoms with van der Waals surface area (Å²) < 4.78 is 15.9. The predicted octanol–water partition coefficient (Wildman–Crippen LogP) is 13.7. The smallest absolute Gasteiger partial charge is 0.147 e. The molecule has 0 saturated heterocycles.